The zero-order valence-corrected chi connectivity index (χ0v) is 15.3. The van der Waals surface area contributed by atoms with Crippen molar-refractivity contribution in [3.05, 3.63) is 108 Å². The fraction of sp³-hybridized carbons (Fsp3) is 0.120. The van der Waals surface area contributed by atoms with Gasteiger partial charge < -0.3 is 10.6 Å². The van der Waals surface area contributed by atoms with Crippen molar-refractivity contribution < 1.29 is 0 Å². The molecule has 0 aromatic heterocycles. The van der Waals surface area contributed by atoms with E-state index in [1.165, 1.54) is 28.1 Å². The molecule has 0 saturated heterocycles. The maximum atomic E-state index is 5.86. The molecule has 3 aromatic rings. The maximum absolute atomic E-state index is 5.86. The Kier molecular flexibility index (Phi) is 3.48. The van der Waals surface area contributed by atoms with Gasteiger partial charge in [-0.05, 0) is 54.0 Å². The van der Waals surface area contributed by atoms with E-state index >= 15 is 0 Å². The first kappa shape index (κ1) is 16.0. The molecule has 1 aliphatic heterocycles. The lowest BCUT2D eigenvalue weighted by atomic mass is 9.77. The Morgan fingerprint density at radius 1 is 0.852 bits per heavy atom. The van der Waals surface area contributed by atoms with Crippen LogP contribution in [0.5, 0.6) is 0 Å². The summed E-state index contributed by atoms with van der Waals surface area (Å²) in [6, 6.07) is 27.6. The third-order valence-electron chi connectivity index (χ3n) is 5.83. The summed E-state index contributed by atoms with van der Waals surface area (Å²) in [6.45, 7) is 2.33. The summed E-state index contributed by atoms with van der Waals surface area (Å²) in [6.07, 6.45) is 7.02. The average Bonchev–Trinajstić information content (AvgIpc) is 2.97. The lowest BCUT2D eigenvalue weighted by molar-refractivity contribution is 0.544. The third kappa shape index (κ3) is 2.41. The number of allylic oxidation sites excluding steroid dienone is 2. The van der Waals surface area contributed by atoms with Gasteiger partial charge in [0.25, 0.3) is 0 Å². The summed E-state index contributed by atoms with van der Waals surface area (Å²) in [5.74, 6) is 0.298. The van der Waals surface area contributed by atoms with Crippen LogP contribution in [0.25, 0.3) is 5.57 Å². The summed E-state index contributed by atoms with van der Waals surface area (Å²) in [5.41, 5.74) is 12.9. The average molecular weight is 350 g/mol. The molecule has 0 spiro atoms. The number of nitrogens with two attached hydrogens (primary N) is 1. The zero-order valence-electron chi connectivity index (χ0n) is 15.3. The molecule has 0 bridgehead atoms. The van der Waals surface area contributed by atoms with E-state index in [0.717, 1.165) is 5.69 Å². The highest BCUT2D eigenvalue weighted by molar-refractivity contribution is 5.84. The first-order chi connectivity index (χ1) is 13.2. The number of nitrogen functional groups attached to an aromatic ring is 1. The van der Waals surface area contributed by atoms with Crippen molar-refractivity contribution in [2.75, 3.05) is 10.6 Å². The number of para-hydroxylation sites is 2. The van der Waals surface area contributed by atoms with Crippen LogP contribution in [0.2, 0.25) is 0 Å². The number of anilines is 3. The summed E-state index contributed by atoms with van der Waals surface area (Å²) < 4.78 is 0. The van der Waals surface area contributed by atoms with Crippen LogP contribution in [-0.2, 0) is 0 Å². The van der Waals surface area contributed by atoms with Gasteiger partial charge in [-0.15, -0.1) is 0 Å². The Labute approximate surface area is 160 Å². The monoisotopic (exact) mass is 350 g/mol. The Hall–Kier alpha value is -3.26. The highest BCUT2D eigenvalue weighted by Gasteiger charge is 2.47. The second-order valence-electron chi connectivity index (χ2n) is 7.51. The molecule has 1 aliphatic carbocycles. The number of hydrogen-bond donors (Lipinski definition) is 1. The van der Waals surface area contributed by atoms with Crippen molar-refractivity contribution >= 4 is 22.6 Å². The van der Waals surface area contributed by atoms with Crippen molar-refractivity contribution in [3.8, 4) is 0 Å². The van der Waals surface area contributed by atoms with E-state index in [2.05, 4.69) is 96.8 Å². The van der Waals surface area contributed by atoms with Crippen LogP contribution in [-0.4, -0.2) is 5.54 Å². The Morgan fingerprint density at radius 2 is 1.56 bits per heavy atom. The van der Waals surface area contributed by atoms with Crippen LogP contribution in [0.4, 0.5) is 17.1 Å². The molecule has 2 heteroatoms. The first-order valence-electron chi connectivity index (χ1n) is 9.38. The molecule has 2 aliphatic rings. The molecule has 27 heavy (non-hydrogen) atoms. The minimum atomic E-state index is -0.123. The highest BCUT2D eigenvalue weighted by Crippen LogP contribution is 2.54. The SMILES string of the molecule is CC12C=CC(c3ccc(N)cc3)=CC1c1ccccc1N2c1ccccc1. The van der Waals surface area contributed by atoms with Gasteiger partial charge in [0, 0.05) is 23.0 Å². The molecule has 2 nitrogen and oxygen atoms in total. The van der Waals surface area contributed by atoms with Crippen molar-refractivity contribution in [2.45, 2.75) is 18.4 Å². The predicted octanol–water partition coefficient (Wildman–Crippen LogP) is 5.92. The van der Waals surface area contributed by atoms with E-state index in [9.17, 15) is 0 Å². The Morgan fingerprint density at radius 3 is 2.33 bits per heavy atom. The number of nitrogens with zero attached hydrogens (tertiary/aromatic N) is 1. The van der Waals surface area contributed by atoms with Gasteiger partial charge >= 0.3 is 0 Å². The quantitative estimate of drug-likeness (QED) is 0.582. The van der Waals surface area contributed by atoms with E-state index in [1.807, 2.05) is 12.1 Å². The molecule has 0 fully saturated rings. The molecule has 0 saturated carbocycles. The number of benzene rings is 3. The molecular weight excluding hydrogens is 328 g/mol. The molecule has 2 atom stereocenters. The summed E-state index contributed by atoms with van der Waals surface area (Å²) >= 11 is 0. The molecule has 0 radical (unpaired) electrons. The van der Waals surface area contributed by atoms with Gasteiger partial charge in [0.05, 0.1) is 5.54 Å². The molecular formula is C25H22N2. The largest absolute Gasteiger partial charge is 0.399 e. The van der Waals surface area contributed by atoms with Crippen molar-refractivity contribution in [1.29, 1.82) is 0 Å². The summed E-state index contributed by atoms with van der Waals surface area (Å²) in [7, 11) is 0. The minimum absolute atomic E-state index is 0.123. The topological polar surface area (TPSA) is 29.3 Å². The molecule has 3 aromatic carbocycles. The fourth-order valence-corrected chi connectivity index (χ4v) is 4.46. The second-order valence-corrected chi connectivity index (χ2v) is 7.51. The number of hydrogen-bond acceptors (Lipinski definition) is 2. The van der Waals surface area contributed by atoms with Crippen LogP contribution >= 0.6 is 0 Å². The van der Waals surface area contributed by atoms with E-state index in [0.29, 0.717) is 5.92 Å². The third-order valence-corrected chi connectivity index (χ3v) is 5.83. The van der Waals surface area contributed by atoms with E-state index < -0.39 is 0 Å². The molecule has 0 amide bonds. The highest BCUT2D eigenvalue weighted by atomic mass is 15.2. The van der Waals surface area contributed by atoms with Gasteiger partial charge in [0.15, 0.2) is 0 Å². The van der Waals surface area contributed by atoms with Gasteiger partial charge in [0.1, 0.15) is 0 Å². The van der Waals surface area contributed by atoms with Crippen LogP contribution < -0.4 is 10.6 Å². The lowest BCUT2D eigenvalue weighted by Gasteiger charge is -2.40. The molecule has 2 N–H and O–H groups in total. The van der Waals surface area contributed by atoms with Gasteiger partial charge in [-0.3, -0.25) is 0 Å². The fourth-order valence-electron chi connectivity index (χ4n) is 4.46. The standard InChI is InChI=1S/C25H22N2/c1-25-16-15-19(18-11-13-20(26)14-12-18)17-23(25)22-9-5-6-10-24(22)27(25)21-7-3-2-4-8-21/h2-17,23H,26H2,1H3. The van der Waals surface area contributed by atoms with Crippen molar-refractivity contribution in [3.63, 3.8) is 0 Å². The Bertz CT molecular complexity index is 1050. The maximum Gasteiger partial charge on any atom is 0.0712 e. The van der Waals surface area contributed by atoms with Gasteiger partial charge in [-0.25, -0.2) is 0 Å². The molecule has 5 rings (SSSR count). The van der Waals surface area contributed by atoms with Gasteiger partial charge in [-0.1, -0.05) is 66.8 Å². The van der Waals surface area contributed by atoms with Gasteiger partial charge in [0.2, 0.25) is 0 Å². The van der Waals surface area contributed by atoms with E-state index in [1.54, 1.807) is 0 Å². The van der Waals surface area contributed by atoms with Crippen LogP contribution in [0.3, 0.4) is 0 Å². The number of fused-ring (bicyclic) bond motifs is 3. The Balaban J connectivity index is 1.66. The first-order valence-corrected chi connectivity index (χ1v) is 9.38. The normalized spacial score (nSPS) is 22.9. The molecule has 132 valence electrons. The summed E-state index contributed by atoms with van der Waals surface area (Å²) in [4.78, 5) is 2.47. The molecule has 1 heterocycles. The van der Waals surface area contributed by atoms with Gasteiger partial charge in [-0.2, -0.15) is 0 Å². The predicted molar refractivity (Wildman–Crippen MR) is 114 cm³/mol. The van der Waals surface area contributed by atoms with E-state index in [4.69, 9.17) is 5.73 Å². The van der Waals surface area contributed by atoms with E-state index in [-0.39, 0.29) is 5.54 Å². The smallest absolute Gasteiger partial charge is 0.0712 e. The van der Waals surface area contributed by atoms with Crippen molar-refractivity contribution in [2.24, 2.45) is 0 Å². The molecule has 2 unspecified atom stereocenters. The van der Waals surface area contributed by atoms with Crippen molar-refractivity contribution in [1.82, 2.24) is 0 Å². The van der Waals surface area contributed by atoms with Crippen LogP contribution in [0, 0.1) is 0 Å². The zero-order chi connectivity index (χ0) is 18.4. The minimum Gasteiger partial charge on any atom is -0.399 e. The lowest BCUT2D eigenvalue weighted by Crippen LogP contribution is -2.42. The second kappa shape index (κ2) is 5.88. The summed E-state index contributed by atoms with van der Waals surface area (Å²) in [5, 5.41) is 0. The van der Waals surface area contributed by atoms with Crippen LogP contribution in [0.1, 0.15) is 24.0 Å². The number of rotatable bonds is 2. The van der Waals surface area contributed by atoms with Crippen LogP contribution in [0.15, 0.2) is 97.1 Å².